The number of ether oxygens (including phenoxy) is 1. The number of carbonyl (C=O) groups excluding carboxylic acids is 1. The minimum Gasteiger partial charge on any atom is -0.482 e. The van der Waals surface area contributed by atoms with E-state index in [4.69, 9.17) is 22.1 Å². The smallest absolute Gasteiger partial charge is 0.372 e. The molecule has 0 amide bonds. The number of pyridine rings is 1. The van der Waals surface area contributed by atoms with Gasteiger partial charge in [0.05, 0.1) is 0 Å². The Morgan fingerprint density at radius 3 is 2.91 bits per heavy atom. The summed E-state index contributed by atoms with van der Waals surface area (Å²) >= 11 is 5.90. The van der Waals surface area contributed by atoms with Crippen LogP contribution in [0.3, 0.4) is 0 Å². The van der Waals surface area contributed by atoms with Crippen LogP contribution in [0.15, 0.2) is 47.9 Å². The molecule has 0 radical (unpaired) electrons. The van der Waals surface area contributed by atoms with Crippen molar-refractivity contribution in [1.82, 2.24) is 4.98 Å². The number of rotatable bonds is 5. The number of hydrogen-bond acceptors (Lipinski definition) is 5. The fourth-order valence-electron chi connectivity index (χ4n) is 1.54. The highest BCUT2D eigenvalue weighted by Crippen LogP contribution is 2.20. The number of benzene rings is 1. The molecule has 0 aliphatic heterocycles. The summed E-state index contributed by atoms with van der Waals surface area (Å²) in [6, 6.07) is 8.48. The Labute approximate surface area is 132 Å². The summed E-state index contributed by atoms with van der Waals surface area (Å²) in [6.07, 6.45) is 3.12. The Hall–Kier alpha value is -2.60. The van der Waals surface area contributed by atoms with Gasteiger partial charge in [-0.05, 0) is 42.8 Å². The molecule has 0 unspecified atom stereocenters. The van der Waals surface area contributed by atoms with Crippen LogP contribution >= 0.6 is 11.6 Å². The zero-order valence-corrected chi connectivity index (χ0v) is 12.6. The topological polar surface area (TPSA) is 86.8 Å². The molecule has 2 N–H and O–H groups in total. The quantitative estimate of drug-likeness (QED) is 0.395. The lowest BCUT2D eigenvalue weighted by Crippen LogP contribution is -2.18. The molecule has 0 atom stereocenters. The van der Waals surface area contributed by atoms with Crippen LogP contribution < -0.4 is 10.5 Å². The van der Waals surface area contributed by atoms with Crippen molar-refractivity contribution in [2.75, 3.05) is 6.61 Å². The summed E-state index contributed by atoms with van der Waals surface area (Å²) in [5, 5.41) is 4.17. The van der Waals surface area contributed by atoms with Gasteiger partial charge in [0.2, 0.25) is 0 Å². The van der Waals surface area contributed by atoms with E-state index in [2.05, 4.69) is 15.0 Å². The van der Waals surface area contributed by atoms with Crippen LogP contribution in [0.25, 0.3) is 0 Å². The first-order valence-electron chi connectivity index (χ1n) is 6.39. The van der Waals surface area contributed by atoms with Gasteiger partial charge in [-0.1, -0.05) is 16.8 Å². The predicted octanol–water partition coefficient (Wildman–Crippen LogP) is 2.29. The van der Waals surface area contributed by atoms with Crippen molar-refractivity contribution in [3.8, 4) is 5.75 Å². The lowest BCUT2D eigenvalue weighted by atomic mass is 10.2. The van der Waals surface area contributed by atoms with Crippen molar-refractivity contribution < 1.29 is 14.4 Å². The number of amidine groups is 1. The number of oxime groups is 1. The van der Waals surface area contributed by atoms with Gasteiger partial charge in [-0.25, -0.2) is 4.79 Å². The van der Waals surface area contributed by atoms with E-state index in [0.29, 0.717) is 16.3 Å². The van der Waals surface area contributed by atoms with Gasteiger partial charge in [0.1, 0.15) is 5.75 Å². The van der Waals surface area contributed by atoms with Gasteiger partial charge < -0.3 is 15.3 Å². The minimum absolute atomic E-state index is 0.0591. The molecule has 1 aromatic heterocycles. The Kier molecular flexibility index (Phi) is 5.32. The maximum absolute atomic E-state index is 11.6. The summed E-state index contributed by atoms with van der Waals surface area (Å²) in [6.45, 7) is 1.55. The first-order chi connectivity index (χ1) is 10.6. The van der Waals surface area contributed by atoms with E-state index >= 15 is 0 Å². The molecule has 22 heavy (non-hydrogen) atoms. The number of carbonyl (C=O) groups is 1. The molecule has 0 aliphatic rings. The van der Waals surface area contributed by atoms with Gasteiger partial charge in [0.25, 0.3) is 0 Å². The molecule has 2 rings (SSSR count). The van der Waals surface area contributed by atoms with E-state index in [9.17, 15) is 4.79 Å². The van der Waals surface area contributed by atoms with E-state index in [-0.39, 0.29) is 12.4 Å². The molecule has 1 heterocycles. The zero-order valence-electron chi connectivity index (χ0n) is 11.8. The molecular weight excluding hydrogens is 306 g/mol. The lowest BCUT2D eigenvalue weighted by molar-refractivity contribution is -0.146. The van der Waals surface area contributed by atoms with Crippen molar-refractivity contribution in [1.29, 1.82) is 0 Å². The third-order valence-corrected chi connectivity index (χ3v) is 3.11. The molecule has 0 bridgehead atoms. The summed E-state index contributed by atoms with van der Waals surface area (Å²) in [5.41, 5.74) is 7.08. The van der Waals surface area contributed by atoms with Gasteiger partial charge in [-0.2, -0.15) is 0 Å². The molecule has 114 valence electrons. The van der Waals surface area contributed by atoms with Crippen molar-refractivity contribution in [2.24, 2.45) is 10.9 Å². The van der Waals surface area contributed by atoms with Crippen LogP contribution in [0.1, 0.15) is 11.1 Å². The third kappa shape index (κ3) is 4.46. The summed E-state index contributed by atoms with van der Waals surface area (Å²) < 4.78 is 5.29. The summed E-state index contributed by atoms with van der Waals surface area (Å²) in [5.74, 6) is -0.0914. The number of aromatic nitrogens is 1. The average Bonchev–Trinajstić information content (AvgIpc) is 2.54. The number of hydrogen-bond donors (Lipinski definition) is 1. The third-order valence-electron chi connectivity index (χ3n) is 2.69. The summed E-state index contributed by atoms with van der Waals surface area (Å²) in [7, 11) is 0. The molecule has 0 saturated carbocycles. The van der Waals surface area contributed by atoms with Crippen molar-refractivity contribution in [3.05, 3.63) is 58.9 Å². The van der Waals surface area contributed by atoms with Gasteiger partial charge in [-0.3, -0.25) is 4.98 Å². The molecule has 0 spiro atoms. The van der Waals surface area contributed by atoms with Gasteiger partial charge in [0, 0.05) is 23.0 Å². The Morgan fingerprint density at radius 1 is 1.41 bits per heavy atom. The highest BCUT2D eigenvalue weighted by Gasteiger charge is 2.07. The monoisotopic (exact) mass is 319 g/mol. The highest BCUT2D eigenvalue weighted by atomic mass is 35.5. The van der Waals surface area contributed by atoms with E-state index in [1.54, 1.807) is 36.5 Å². The fourth-order valence-corrected chi connectivity index (χ4v) is 1.66. The number of aryl methyl sites for hydroxylation is 1. The molecule has 1 aromatic carbocycles. The van der Waals surface area contributed by atoms with Crippen molar-refractivity contribution >= 4 is 23.4 Å². The predicted molar refractivity (Wildman–Crippen MR) is 82.7 cm³/mol. The Bertz CT molecular complexity index is 690. The normalized spacial score (nSPS) is 11.1. The van der Waals surface area contributed by atoms with Crippen LogP contribution in [0.4, 0.5) is 0 Å². The maximum atomic E-state index is 11.6. The first kappa shape index (κ1) is 15.8. The number of nitrogens with zero attached hydrogens (tertiary/aromatic N) is 2. The Balaban J connectivity index is 1.86. The minimum atomic E-state index is -0.667. The molecule has 2 aromatic rings. The first-order valence-corrected chi connectivity index (χ1v) is 6.76. The van der Waals surface area contributed by atoms with Crippen LogP contribution in [-0.4, -0.2) is 23.4 Å². The number of nitrogens with two attached hydrogens (primary N) is 1. The average molecular weight is 320 g/mol. The second kappa shape index (κ2) is 7.42. The molecule has 0 saturated heterocycles. The molecule has 6 nitrogen and oxygen atoms in total. The Morgan fingerprint density at radius 2 is 2.23 bits per heavy atom. The van der Waals surface area contributed by atoms with Crippen LogP contribution in [0, 0.1) is 6.92 Å². The van der Waals surface area contributed by atoms with Gasteiger partial charge in [-0.15, -0.1) is 0 Å². The molecule has 7 heteroatoms. The standard InChI is InChI=1S/C15H14ClN3O3/c1-10-7-12(4-5-13(10)16)21-9-14(20)22-19-15(17)11-3-2-6-18-8-11/h2-8H,9H2,1H3,(H2,17,19). The molecular formula is C15H14ClN3O3. The van der Waals surface area contributed by atoms with Gasteiger partial charge >= 0.3 is 5.97 Å². The van der Waals surface area contributed by atoms with Crippen LogP contribution in [-0.2, 0) is 9.63 Å². The second-order valence-corrected chi connectivity index (χ2v) is 4.79. The fraction of sp³-hybridized carbons (Fsp3) is 0.133. The van der Waals surface area contributed by atoms with E-state index < -0.39 is 5.97 Å². The maximum Gasteiger partial charge on any atom is 0.372 e. The summed E-state index contributed by atoms with van der Waals surface area (Å²) in [4.78, 5) is 20.1. The largest absolute Gasteiger partial charge is 0.482 e. The zero-order chi connectivity index (χ0) is 15.9. The SMILES string of the molecule is Cc1cc(OCC(=O)ON=C(N)c2cccnc2)ccc1Cl. The van der Waals surface area contributed by atoms with Crippen LogP contribution in [0.5, 0.6) is 5.75 Å². The van der Waals surface area contributed by atoms with E-state index in [1.165, 1.54) is 6.20 Å². The lowest BCUT2D eigenvalue weighted by Gasteiger charge is -2.06. The van der Waals surface area contributed by atoms with Crippen molar-refractivity contribution in [2.45, 2.75) is 6.92 Å². The van der Waals surface area contributed by atoms with E-state index in [0.717, 1.165) is 5.56 Å². The van der Waals surface area contributed by atoms with Gasteiger partial charge in [0.15, 0.2) is 12.4 Å². The second-order valence-electron chi connectivity index (χ2n) is 4.38. The highest BCUT2D eigenvalue weighted by molar-refractivity contribution is 6.31. The molecule has 0 fully saturated rings. The van der Waals surface area contributed by atoms with Crippen molar-refractivity contribution in [3.63, 3.8) is 0 Å². The molecule has 0 aliphatic carbocycles. The van der Waals surface area contributed by atoms with E-state index in [1.807, 2.05) is 6.92 Å². The van der Waals surface area contributed by atoms with Crippen LogP contribution in [0.2, 0.25) is 5.02 Å². The number of halogens is 1.